The normalized spacial score (nSPS) is 12.4. The zero-order valence-electron chi connectivity index (χ0n) is 9.40. The van der Waals surface area contributed by atoms with Crippen LogP contribution in [-0.4, -0.2) is 4.98 Å². The van der Waals surface area contributed by atoms with E-state index in [2.05, 4.69) is 10.3 Å². The smallest absolute Gasteiger partial charge is 0.299 e. The summed E-state index contributed by atoms with van der Waals surface area (Å²) >= 11 is 0. The molecule has 84 valence electrons. The first-order valence-corrected chi connectivity index (χ1v) is 5.20. The summed E-state index contributed by atoms with van der Waals surface area (Å²) in [5, 5.41) is 3.11. The van der Waals surface area contributed by atoms with E-state index in [4.69, 9.17) is 10.2 Å². The van der Waals surface area contributed by atoms with Crippen molar-refractivity contribution in [1.29, 1.82) is 0 Å². The predicted molar refractivity (Wildman–Crippen MR) is 63.6 cm³/mol. The highest BCUT2D eigenvalue weighted by atomic mass is 16.4. The third kappa shape index (κ3) is 2.23. The Bertz CT molecular complexity index is 477. The summed E-state index contributed by atoms with van der Waals surface area (Å²) in [5.74, 6) is 0. The average Bonchev–Trinajstić information content (AvgIpc) is 2.70. The van der Waals surface area contributed by atoms with Gasteiger partial charge < -0.3 is 15.5 Å². The van der Waals surface area contributed by atoms with E-state index in [1.165, 1.54) is 0 Å². The van der Waals surface area contributed by atoms with Crippen molar-refractivity contribution in [2.24, 2.45) is 5.73 Å². The number of rotatable bonds is 3. The fraction of sp³-hybridized carbons (Fsp3) is 0.250. The molecule has 4 nitrogen and oxygen atoms in total. The van der Waals surface area contributed by atoms with Gasteiger partial charge in [-0.2, -0.15) is 4.98 Å². The minimum Gasteiger partial charge on any atom is -0.432 e. The van der Waals surface area contributed by atoms with Gasteiger partial charge in [-0.3, -0.25) is 0 Å². The number of nitrogens with two attached hydrogens (primary N) is 1. The third-order valence-electron chi connectivity index (χ3n) is 2.38. The third-order valence-corrected chi connectivity index (χ3v) is 2.38. The lowest BCUT2D eigenvalue weighted by Gasteiger charge is -2.04. The summed E-state index contributed by atoms with van der Waals surface area (Å²) in [7, 11) is 0. The molecule has 1 aromatic carbocycles. The van der Waals surface area contributed by atoms with Gasteiger partial charge in [0.2, 0.25) is 0 Å². The number of hydrogen-bond donors (Lipinski definition) is 2. The molecule has 1 aromatic heterocycles. The molecular weight excluding hydrogens is 202 g/mol. The number of aromatic nitrogens is 1. The summed E-state index contributed by atoms with van der Waals surface area (Å²) in [6, 6.07) is 8.31. The van der Waals surface area contributed by atoms with Crippen LogP contribution in [0.4, 0.5) is 11.7 Å². The first kappa shape index (κ1) is 10.7. The van der Waals surface area contributed by atoms with Crippen LogP contribution >= 0.6 is 0 Å². The molecule has 4 heteroatoms. The molecule has 0 spiro atoms. The number of anilines is 2. The Balaban J connectivity index is 2.18. The molecule has 0 aliphatic carbocycles. The summed E-state index contributed by atoms with van der Waals surface area (Å²) in [5.41, 5.74) is 8.57. The highest BCUT2D eigenvalue weighted by Gasteiger charge is 2.08. The lowest BCUT2D eigenvalue weighted by atomic mass is 10.2. The maximum absolute atomic E-state index is 5.70. The molecule has 0 saturated heterocycles. The van der Waals surface area contributed by atoms with E-state index in [-0.39, 0.29) is 6.04 Å². The van der Waals surface area contributed by atoms with E-state index in [0.717, 1.165) is 16.9 Å². The van der Waals surface area contributed by atoms with Crippen molar-refractivity contribution < 1.29 is 4.42 Å². The van der Waals surface area contributed by atoms with Crippen molar-refractivity contribution >= 4 is 11.7 Å². The fourth-order valence-electron chi connectivity index (χ4n) is 1.38. The summed E-state index contributed by atoms with van der Waals surface area (Å²) in [6.45, 7) is 3.90. The van der Waals surface area contributed by atoms with Gasteiger partial charge in [0.25, 0.3) is 6.01 Å². The van der Waals surface area contributed by atoms with Gasteiger partial charge in [0.1, 0.15) is 6.26 Å². The van der Waals surface area contributed by atoms with Gasteiger partial charge in [-0.05, 0) is 25.5 Å². The highest BCUT2D eigenvalue weighted by Crippen LogP contribution is 2.20. The monoisotopic (exact) mass is 217 g/mol. The summed E-state index contributed by atoms with van der Waals surface area (Å²) in [4.78, 5) is 4.24. The SMILES string of the molecule is Cc1ccccc1Nc1nc(C(C)N)co1. The van der Waals surface area contributed by atoms with Gasteiger partial charge >= 0.3 is 0 Å². The Hall–Kier alpha value is -1.81. The van der Waals surface area contributed by atoms with Crippen LogP contribution in [0.3, 0.4) is 0 Å². The molecule has 1 unspecified atom stereocenters. The van der Waals surface area contributed by atoms with Gasteiger partial charge in [-0.15, -0.1) is 0 Å². The summed E-state index contributed by atoms with van der Waals surface area (Å²) in [6.07, 6.45) is 1.57. The van der Waals surface area contributed by atoms with Crippen LogP contribution in [0.5, 0.6) is 0 Å². The fourth-order valence-corrected chi connectivity index (χ4v) is 1.38. The van der Waals surface area contributed by atoms with Crippen molar-refractivity contribution in [3.63, 3.8) is 0 Å². The van der Waals surface area contributed by atoms with Crippen molar-refractivity contribution in [1.82, 2.24) is 4.98 Å². The molecule has 16 heavy (non-hydrogen) atoms. The second kappa shape index (κ2) is 4.37. The highest BCUT2D eigenvalue weighted by molar-refractivity contribution is 5.57. The lowest BCUT2D eigenvalue weighted by molar-refractivity contribution is 0.573. The minimum atomic E-state index is -0.115. The molecule has 3 N–H and O–H groups in total. The Labute approximate surface area is 94.5 Å². The Morgan fingerprint density at radius 3 is 2.75 bits per heavy atom. The number of benzene rings is 1. The summed E-state index contributed by atoms with van der Waals surface area (Å²) < 4.78 is 5.28. The van der Waals surface area contributed by atoms with E-state index >= 15 is 0 Å². The van der Waals surface area contributed by atoms with E-state index in [0.29, 0.717) is 6.01 Å². The maximum Gasteiger partial charge on any atom is 0.299 e. The zero-order chi connectivity index (χ0) is 11.5. The molecule has 1 atom stereocenters. The molecule has 0 fully saturated rings. The molecule has 0 radical (unpaired) electrons. The molecule has 0 amide bonds. The minimum absolute atomic E-state index is 0.115. The molecule has 0 saturated carbocycles. The number of hydrogen-bond acceptors (Lipinski definition) is 4. The Morgan fingerprint density at radius 2 is 2.12 bits per heavy atom. The first-order valence-electron chi connectivity index (χ1n) is 5.20. The lowest BCUT2D eigenvalue weighted by Crippen LogP contribution is -2.05. The van der Waals surface area contributed by atoms with Crippen molar-refractivity contribution in [2.75, 3.05) is 5.32 Å². The topological polar surface area (TPSA) is 64.1 Å². The predicted octanol–water partition coefficient (Wildman–Crippen LogP) is 2.75. The molecule has 0 bridgehead atoms. The molecule has 0 aliphatic rings. The molecule has 2 aromatic rings. The molecular formula is C12H15N3O. The zero-order valence-corrected chi connectivity index (χ0v) is 9.40. The largest absolute Gasteiger partial charge is 0.432 e. The van der Waals surface area contributed by atoms with E-state index < -0.39 is 0 Å². The number of aryl methyl sites for hydroxylation is 1. The molecule has 2 rings (SSSR count). The standard InChI is InChI=1S/C12H15N3O/c1-8-5-3-4-6-10(8)14-12-15-11(7-16-12)9(2)13/h3-7,9H,13H2,1-2H3,(H,14,15). The number of nitrogens with one attached hydrogen (secondary N) is 1. The van der Waals surface area contributed by atoms with Crippen molar-refractivity contribution in [3.05, 3.63) is 41.8 Å². The Kier molecular flexibility index (Phi) is 2.92. The van der Waals surface area contributed by atoms with Gasteiger partial charge in [-0.25, -0.2) is 0 Å². The second-order valence-corrected chi connectivity index (χ2v) is 3.81. The van der Waals surface area contributed by atoms with E-state index in [9.17, 15) is 0 Å². The van der Waals surface area contributed by atoms with E-state index in [1.807, 2.05) is 38.1 Å². The van der Waals surface area contributed by atoms with Crippen LogP contribution in [0.15, 0.2) is 34.9 Å². The van der Waals surface area contributed by atoms with Gasteiger partial charge in [0.05, 0.1) is 5.69 Å². The van der Waals surface area contributed by atoms with Gasteiger partial charge in [-0.1, -0.05) is 18.2 Å². The molecule has 0 aliphatic heterocycles. The first-order chi connectivity index (χ1) is 7.66. The van der Waals surface area contributed by atoms with Crippen LogP contribution in [0.25, 0.3) is 0 Å². The van der Waals surface area contributed by atoms with Gasteiger partial charge in [0, 0.05) is 11.7 Å². The van der Waals surface area contributed by atoms with Crippen LogP contribution in [0, 0.1) is 6.92 Å². The quantitative estimate of drug-likeness (QED) is 0.829. The number of oxazole rings is 1. The van der Waals surface area contributed by atoms with Gasteiger partial charge in [0.15, 0.2) is 0 Å². The van der Waals surface area contributed by atoms with Crippen molar-refractivity contribution in [3.8, 4) is 0 Å². The van der Waals surface area contributed by atoms with Crippen LogP contribution < -0.4 is 11.1 Å². The number of para-hydroxylation sites is 1. The Morgan fingerprint density at radius 1 is 1.38 bits per heavy atom. The van der Waals surface area contributed by atoms with Crippen LogP contribution in [0.2, 0.25) is 0 Å². The van der Waals surface area contributed by atoms with Crippen molar-refractivity contribution in [2.45, 2.75) is 19.9 Å². The van der Waals surface area contributed by atoms with Crippen LogP contribution in [0.1, 0.15) is 24.2 Å². The molecule has 1 heterocycles. The second-order valence-electron chi connectivity index (χ2n) is 3.81. The maximum atomic E-state index is 5.70. The van der Waals surface area contributed by atoms with Crippen LogP contribution in [-0.2, 0) is 0 Å². The van der Waals surface area contributed by atoms with E-state index in [1.54, 1.807) is 6.26 Å². The number of nitrogens with zero attached hydrogens (tertiary/aromatic N) is 1. The average molecular weight is 217 g/mol.